The van der Waals surface area contributed by atoms with E-state index in [0.29, 0.717) is 35.2 Å². The van der Waals surface area contributed by atoms with Crippen molar-refractivity contribution in [2.24, 2.45) is 0 Å². The highest BCUT2D eigenvalue weighted by atomic mass is 35.5. The van der Waals surface area contributed by atoms with Crippen LogP contribution in [0.3, 0.4) is 0 Å². The van der Waals surface area contributed by atoms with Gasteiger partial charge in [0.2, 0.25) is 5.91 Å². The highest BCUT2D eigenvalue weighted by Gasteiger charge is 2.24. The van der Waals surface area contributed by atoms with Gasteiger partial charge in [0.05, 0.1) is 18.8 Å². The average Bonchev–Trinajstić information content (AvgIpc) is 3.13. The lowest BCUT2D eigenvalue weighted by atomic mass is 10.1. The topological polar surface area (TPSA) is 85.3 Å². The number of ether oxygens (including phenoxy) is 1. The van der Waals surface area contributed by atoms with Crippen molar-refractivity contribution in [3.05, 3.63) is 76.6 Å². The van der Waals surface area contributed by atoms with Gasteiger partial charge in [0.1, 0.15) is 6.10 Å². The fraction of sp³-hybridized carbons (Fsp3) is 0.190. The molecule has 0 unspecified atom stereocenters. The summed E-state index contributed by atoms with van der Waals surface area (Å²) in [5.41, 5.74) is 3.47. The van der Waals surface area contributed by atoms with Crippen LogP contribution in [-0.2, 0) is 22.7 Å². The van der Waals surface area contributed by atoms with E-state index in [1.807, 2.05) is 24.3 Å². The molecule has 1 aliphatic heterocycles. The molecule has 0 saturated carbocycles. The number of nitrogens with zero attached hydrogens (tertiary/aromatic N) is 2. The maximum atomic E-state index is 12.6. The highest BCUT2D eigenvalue weighted by molar-refractivity contribution is 6.30. The largest absolute Gasteiger partial charge is 0.365 e. The Bertz CT molecular complexity index is 1040. The molecule has 0 fully saturated rings. The fourth-order valence-electron chi connectivity index (χ4n) is 3.15. The molecule has 8 heteroatoms. The van der Waals surface area contributed by atoms with Crippen LogP contribution in [0, 0.1) is 0 Å². The number of carbonyl (C=O) groups is 2. The quantitative estimate of drug-likeness (QED) is 0.680. The van der Waals surface area contributed by atoms with Gasteiger partial charge in [0, 0.05) is 23.3 Å². The van der Waals surface area contributed by atoms with Gasteiger partial charge in [0.15, 0.2) is 5.69 Å². The highest BCUT2D eigenvalue weighted by Crippen LogP contribution is 2.27. The van der Waals surface area contributed by atoms with Crippen LogP contribution in [-0.4, -0.2) is 21.6 Å². The van der Waals surface area contributed by atoms with Crippen molar-refractivity contribution in [3.8, 4) is 0 Å². The molecule has 2 N–H and O–H groups in total. The van der Waals surface area contributed by atoms with E-state index in [4.69, 9.17) is 16.3 Å². The molecule has 29 heavy (non-hydrogen) atoms. The summed E-state index contributed by atoms with van der Waals surface area (Å²) in [7, 11) is 0. The van der Waals surface area contributed by atoms with Gasteiger partial charge in [-0.15, -0.1) is 0 Å². The van der Waals surface area contributed by atoms with E-state index in [1.165, 1.54) is 6.92 Å². The van der Waals surface area contributed by atoms with E-state index in [0.717, 1.165) is 11.3 Å². The zero-order chi connectivity index (χ0) is 20.4. The lowest BCUT2D eigenvalue weighted by Crippen LogP contribution is -2.22. The lowest BCUT2D eigenvalue weighted by Gasteiger charge is -2.24. The Morgan fingerprint density at radius 1 is 1.07 bits per heavy atom. The second-order valence-corrected chi connectivity index (χ2v) is 7.20. The van der Waals surface area contributed by atoms with Gasteiger partial charge in [0.25, 0.3) is 5.91 Å². The summed E-state index contributed by atoms with van der Waals surface area (Å²) in [4.78, 5) is 23.6. The van der Waals surface area contributed by atoms with Crippen LogP contribution in [0.1, 0.15) is 34.8 Å². The van der Waals surface area contributed by atoms with Crippen molar-refractivity contribution in [2.45, 2.75) is 26.2 Å². The molecule has 0 saturated heterocycles. The molecule has 4 rings (SSSR count). The summed E-state index contributed by atoms with van der Waals surface area (Å²) in [5.74, 6) is -0.452. The number of hydrogen-bond donors (Lipinski definition) is 2. The number of benzene rings is 2. The predicted octanol–water partition coefficient (Wildman–Crippen LogP) is 4.02. The molecule has 3 aromatic rings. The summed E-state index contributed by atoms with van der Waals surface area (Å²) in [5, 5.41) is 10.6. The van der Waals surface area contributed by atoms with Crippen molar-refractivity contribution < 1.29 is 14.3 Å². The van der Waals surface area contributed by atoms with Gasteiger partial charge >= 0.3 is 0 Å². The first-order valence-corrected chi connectivity index (χ1v) is 9.48. The summed E-state index contributed by atoms with van der Waals surface area (Å²) < 4.78 is 7.72. The van der Waals surface area contributed by atoms with Gasteiger partial charge in [-0.2, -0.15) is 5.10 Å². The number of hydrogen-bond acceptors (Lipinski definition) is 4. The molecule has 7 nitrogen and oxygen atoms in total. The van der Waals surface area contributed by atoms with Gasteiger partial charge < -0.3 is 15.4 Å². The third kappa shape index (κ3) is 4.47. The molecule has 0 aliphatic carbocycles. The summed E-state index contributed by atoms with van der Waals surface area (Å²) in [6.45, 7) is 2.34. The van der Waals surface area contributed by atoms with Gasteiger partial charge in [-0.25, -0.2) is 0 Å². The molecular weight excluding hydrogens is 392 g/mol. The summed E-state index contributed by atoms with van der Waals surface area (Å²) >= 11 is 5.95. The Hall–Kier alpha value is -3.16. The van der Waals surface area contributed by atoms with E-state index in [-0.39, 0.29) is 17.9 Å². The molecule has 1 aromatic heterocycles. The zero-order valence-corrected chi connectivity index (χ0v) is 16.4. The molecule has 148 valence electrons. The molecule has 1 atom stereocenters. The zero-order valence-electron chi connectivity index (χ0n) is 15.7. The maximum Gasteiger partial charge on any atom is 0.276 e. The van der Waals surface area contributed by atoms with E-state index in [1.54, 1.807) is 35.0 Å². The van der Waals surface area contributed by atoms with Crippen LogP contribution in [0.5, 0.6) is 0 Å². The number of carbonyl (C=O) groups excluding carboxylic acids is 2. The minimum Gasteiger partial charge on any atom is -0.365 e. The summed E-state index contributed by atoms with van der Waals surface area (Å²) in [6.07, 6.45) is -0.142. The molecule has 2 heterocycles. The molecule has 2 aromatic carbocycles. The second-order valence-electron chi connectivity index (χ2n) is 6.77. The molecule has 0 bridgehead atoms. The van der Waals surface area contributed by atoms with E-state index in [2.05, 4.69) is 15.7 Å². The monoisotopic (exact) mass is 410 g/mol. The Labute approximate surface area is 172 Å². The van der Waals surface area contributed by atoms with Gasteiger partial charge in [-0.3, -0.25) is 14.3 Å². The van der Waals surface area contributed by atoms with E-state index in [9.17, 15) is 9.59 Å². The number of anilines is 2. The molecule has 1 aliphatic rings. The number of rotatable bonds is 4. The minimum absolute atomic E-state index is 0.142. The standard InChI is InChI=1S/C21H19ClN4O3/c1-13(27)23-16-6-8-17(9-7-16)24-21(28)19-10-18-12-29-20(11-26(18)25-19)14-2-4-15(22)5-3-14/h2-10,20H,11-12H2,1H3,(H,23,27)(H,24,28)/t20-/m1/s1. The number of amides is 2. The Kier molecular flexibility index (Phi) is 5.33. The van der Waals surface area contributed by atoms with Crippen LogP contribution in [0.2, 0.25) is 5.02 Å². The van der Waals surface area contributed by atoms with Crippen LogP contribution in [0.25, 0.3) is 0 Å². The first-order valence-electron chi connectivity index (χ1n) is 9.11. The van der Waals surface area contributed by atoms with Crippen molar-refractivity contribution in [1.29, 1.82) is 0 Å². The first kappa shape index (κ1) is 19.2. The number of aromatic nitrogens is 2. The molecule has 0 spiro atoms. The Balaban J connectivity index is 1.43. The van der Waals surface area contributed by atoms with Crippen LogP contribution >= 0.6 is 11.6 Å². The van der Waals surface area contributed by atoms with E-state index < -0.39 is 0 Å². The Morgan fingerprint density at radius 2 is 1.72 bits per heavy atom. The SMILES string of the molecule is CC(=O)Nc1ccc(NC(=O)c2cc3n(n2)C[C@H](c2ccc(Cl)cc2)OC3)cc1. The normalized spacial score (nSPS) is 15.4. The van der Waals surface area contributed by atoms with Crippen LogP contribution in [0.4, 0.5) is 11.4 Å². The van der Waals surface area contributed by atoms with E-state index >= 15 is 0 Å². The fourth-order valence-corrected chi connectivity index (χ4v) is 3.28. The second kappa shape index (κ2) is 8.06. The lowest BCUT2D eigenvalue weighted by molar-refractivity contribution is -0.114. The third-order valence-electron chi connectivity index (χ3n) is 4.57. The van der Waals surface area contributed by atoms with Crippen molar-refractivity contribution in [2.75, 3.05) is 10.6 Å². The number of nitrogens with one attached hydrogen (secondary N) is 2. The predicted molar refractivity (Wildman–Crippen MR) is 110 cm³/mol. The van der Waals surface area contributed by atoms with Crippen molar-refractivity contribution in [1.82, 2.24) is 9.78 Å². The maximum absolute atomic E-state index is 12.6. The van der Waals surface area contributed by atoms with Crippen LogP contribution in [0.15, 0.2) is 54.6 Å². The number of fused-ring (bicyclic) bond motifs is 1. The van der Waals surface area contributed by atoms with Crippen molar-refractivity contribution >= 4 is 34.8 Å². The van der Waals surface area contributed by atoms with Gasteiger partial charge in [-0.1, -0.05) is 23.7 Å². The third-order valence-corrected chi connectivity index (χ3v) is 4.82. The molecule has 0 radical (unpaired) electrons. The van der Waals surface area contributed by atoms with Crippen LogP contribution < -0.4 is 10.6 Å². The average molecular weight is 411 g/mol. The van der Waals surface area contributed by atoms with Crippen molar-refractivity contribution in [3.63, 3.8) is 0 Å². The molecular formula is C21H19ClN4O3. The summed E-state index contributed by atoms with van der Waals surface area (Å²) in [6, 6.07) is 16.1. The molecule has 2 amide bonds. The Morgan fingerprint density at radius 3 is 2.38 bits per heavy atom. The first-order chi connectivity index (χ1) is 14.0. The smallest absolute Gasteiger partial charge is 0.276 e. The minimum atomic E-state index is -0.303. The van der Waals surface area contributed by atoms with Gasteiger partial charge in [-0.05, 0) is 48.0 Å². The number of halogens is 1.